The molecule has 3 atom stereocenters. The Hall–Kier alpha value is -4.22. The van der Waals surface area contributed by atoms with Crippen LogP contribution in [0.15, 0.2) is 42.9 Å². The van der Waals surface area contributed by atoms with Gasteiger partial charge in [-0.05, 0) is 31.4 Å². The molecule has 4 amide bonds. The molecule has 2 fully saturated rings. The second kappa shape index (κ2) is 11.0. The van der Waals surface area contributed by atoms with Crippen molar-refractivity contribution in [2.75, 3.05) is 32.6 Å². The summed E-state index contributed by atoms with van der Waals surface area (Å²) in [7, 11) is 2.81. The van der Waals surface area contributed by atoms with Gasteiger partial charge in [0.15, 0.2) is 0 Å². The Morgan fingerprint density at radius 2 is 1.92 bits per heavy atom. The lowest BCUT2D eigenvalue weighted by Gasteiger charge is -2.30. The van der Waals surface area contributed by atoms with Crippen LogP contribution in [0.5, 0.6) is 5.75 Å². The van der Waals surface area contributed by atoms with Gasteiger partial charge in [-0.1, -0.05) is 6.07 Å². The molecule has 0 aliphatic carbocycles. The standard InChI is InChI=1S/C24H28N6O6/c1-35-17-6-3-5-15(11-17)27-24(34)28-16-12-20(22(32)29-10-4-7-19(29)23(33)36-2)30(14-16)21(31)18-13-25-8-9-26-18/h3,5-6,8-9,11,13,16,19-20H,4,7,10,12,14H2,1-2H3,(H2,27,28,34)/t16-,19+,20-/m0/s1. The molecule has 0 spiro atoms. The number of amides is 4. The molecule has 0 unspecified atom stereocenters. The van der Waals surface area contributed by atoms with E-state index in [9.17, 15) is 19.2 Å². The summed E-state index contributed by atoms with van der Waals surface area (Å²) >= 11 is 0. The van der Waals surface area contributed by atoms with Crippen molar-refractivity contribution in [3.63, 3.8) is 0 Å². The summed E-state index contributed by atoms with van der Waals surface area (Å²) in [5.41, 5.74) is 0.616. The van der Waals surface area contributed by atoms with E-state index < -0.39 is 36.0 Å². The van der Waals surface area contributed by atoms with E-state index in [1.807, 2.05) is 0 Å². The highest BCUT2D eigenvalue weighted by atomic mass is 16.5. The summed E-state index contributed by atoms with van der Waals surface area (Å²) in [5, 5.41) is 5.57. The zero-order valence-electron chi connectivity index (χ0n) is 20.0. The van der Waals surface area contributed by atoms with Crippen molar-refractivity contribution in [3.8, 4) is 5.75 Å². The van der Waals surface area contributed by atoms with Gasteiger partial charge in [-0.3, -0.25) is 14.6 Å². The fourth-order valence-electron chi connectivity index (χ4n) is 4.61. The van der Waals surface area contributed by atoms with E-state index in [-0.39, 0.29) is 24.6 Å². The molecule has 36 heavy (non-hydrogen) atoms. The average Bonchev–Trinajstić information content (AvgIpc) is 3.55. The first kappa shape index (κ1) is 24.9. The molecule has 4 rings (SSSR count). The van der Waals surface area contributed by atoms with Crippen molar-refractivity contribution in [3.05, 3.63) is 48.5 Å². The first-order valence-electron chi connectivity index (χ1n) is 11.6. The normalized spacial score (nSPS) is 21.1. The minimum atomic E-state index is -0.883. The monoisotopic (exact) mass is 496 g/mol. The van der Waals surface area contributed by atoms with Crippen LogP contribution < -0.4 is 15.4 Å². The van der Waals surface area contributed by atoms with Crippen LogP contribution in [-0.4, -0.2) is 89.0 Å². The number of anilines is 1. The van der Waals surface area contributed by atoms with Crippen molar-refractivity contribution >= 4 is 29.5 Å². The molecule has 2 aliphatic heterocycles. The van der Waals surface area contributed by atoms with Crippen molar-refractivity contribution < 1.29 is 28.7 Å². The number of aromatic nitrogens is 2. The van der Waals surface area contributed by atoms with E-state index >= 15 is 0 Å². The summed E-state index contributed by atoms with van der Waals surface area (Å²) < 4.78 is 10.0. The van der Waals surface area contributed by atoms with Crippen molar-refractivity contribution in [1.29, 1.82) is 0 Å². The molecule has 2 saturated heterocycles. The van der Waals surface area contributed by atoms with Gasteiger partial charge in [0, 0.05) is 37.2 Å². The largest absolute Gasteiger partial charge is 0.497 e. The van der Waals surface area contributed by atoms with Gasteiger partial charge in [0.2, 0.25) is 5.91 Å². The van der Waals surface area contributed by atoms with Crippen LogP contribution in [0, 0.1) is 0 Å². The summed E-state index contributed by atoms with van der Waals surface area (Å²) in [6.45, 7) is 0.477. The van der Waals surface area contributed by atoms with Gasteiger partial charge in [-0.25, -0.2) is 14.6 Å². The van der Waals surface area contributed by atoms with Crippen molar-refractivity contribution in [1.82, 2.24) is 25.1 Å². The number of nitrogens with one attached hydrogen (secondary N) is 2. The lowest BCUT2D eigenvalue weighted by Crippen LogP contribution is -2.51. The second-order valence-electron chi connectivity index (χ2n) is 8.54. The number of carbonyl (C=O) groups is 4. The van der Waals surface area contributed by atoms with Crippen LogP contribution in [0.2, 0.25) is 0 Å². The van der Waals surface area contributed by atoms with Crippen molar-refractivity contribution in [2.24, 2.45) is 0 Å². The van der Waals surface area contributed by atoms with Crippen LogP contribution >= 0.6 is 0 Å². The van der Waals surface area contributed by atoms with Crippen LogP contribution in [0.3, 0.4) is 0 Å². The molecule has 0 bridgehead atoms. The highest BCUT2D eigenvalue weighted by Gasteiger charge is 2.46. The van der Waals surface area contributed by atoms with Crippen LogP contribution in [0.4, 0.5) is 10.5 Å². The maximum Gasteiger partial charge on any atom is 0.328 e. The molecule has 2 aromatic rings. The number of hydrogen-bond donors (Lipinski definition) is 2. The van der Waals surface area contributed by atoms with Crippen LogP contribution in [-0.2, 0) is 14.3 Å². The second-order valence-corrected chi connectivity index (χ2v) is 8.54. The summed E-state index contributed by atoms with van der Waals surface area (Å²) in [6.07, 6.45) is 5.50. The number of urea groups is 1. The molecule has 1 aromatic carbocycles. The Bertz CT molecular complexity index is 1130. The Kier molecular flexibility index (Phi) is 7.62. The van der Waals surface area contributed by atoms with Crippen molar-refractivity contribution in [2.45, 2.75) is 37.4 Å². The fourth-order valence-corrected chi connectivity index (χ4v) is 4.61. The van der Waals surface area contributed by atoms with E-state index in [0.717, 1.165) is 0 Å². The molecule has 2 N–H and O–H groups in total. The van der Waals surface area contributed by atoms with Crippen LogP contribution in [0.1, 0.15) is 29.8 Å². The van der Waals surface area contributed by atoms with Gasteiger partial charge in [0.05, 0.1) is 26.5 Å². The third kappa shape index (κ3) is 5.37. The zero-order valence-corrected chi connectivity index (χ0v) is 20.0. The van der Waals surface area contributed by atoms with Gasteiger partial charge in [0.25, 0.3) is 5.91 Å². The number of likely N-dealkylation sites (tertiary alicyclic amines) is 2. The number of methoxy groups -OCH3 is 2. The van der Waals surface area contributed by atoms with Gasteiger partial charge in [-0.2, -0.15) is 0 Å². The first-order chi connectivity index (χ1) is 17.4. The lowest BCUT2D eigenvalue weighted by atomic mass is 10.1. The third-order valence-corrected chi connectivity index (χ3v) is 6.30. The number of ether oxygens (including phenoxy) is 2. The van der Waals surface area contributed by atoms with Crippen LogP contribution in [0.25, 0.3) is 0 Å². The number of benzene rings is 1. The topological polar surface area (TPSA) is 143 Å². The predicted octanol–water partition coefficient (Wildman–Crippen LogP) is 1.05. The minimum Gasteiger partial charge on any atom is -0.497 e. The highest BCUT2D eigenvalue weighted by molar-refractivity contribution is 5.98. The molecule has 3 heterocycles. The molecule has 2 aliphatic rings. The molecule has 0 radical (unpaired) electrons. The lowest BCUT2D eigenvalue weighted by molar-refractivity contribution is -0.152. The number of hydrogen-bond acceptors (Lipinski definition) is 8. The SMILES string of the molecule is COC(=O)[C@H]1CCCN1C(=O)[C@@H]1C[C@H](NC(=O)Nc2cccc(OC)c2)CN1C(=O)c1cnccn1. The predicted molar refractivity (Wildman–Crippen MR) is 127 cm³/mol. The molecule has 1 aromatic heterocycles. The molecule has 12 nitrogen and oxygen atoms in total. The Morgan fingerprint density at radius 1 is 1.08 bits per heavy atom. The fraction of sp³-hybridized carbons (Fsp3) is 0.417. The van der Waals surface area contributed by atoms with Gasteiger partial charge in [0.1, 0.15) is 23.5 Å². The van der Waals surface area contributed by atoms with E-state index in [4.69, 9.17) is 9.47 Å². The van der Waals surface area contributed by atoms with Gasteiger partial charge >= 0.3 is 12.0 Å². The quantitative estimate of drug-likeness (QED) is 0.565. The Labute approximate surface area is 208 Å². The highest BCUT2D eigenvalue weighted by Crippen LogP contribution is 2.27. The van der Waals surface area contributed by atoms with E-state index in [0.29, 0.717) is 30.8 Å². The molecule has 12 heteroatoms. The molecule has 190 valence electrons. The van der Waals surface area contributed by atoms with Gasteiger partial charge < -0.3 is 29.9 Å². The van der Waals surface area contributed by atoms with Gasteiger partial charge in [-0.15, -0.1) is 0 Å². The number of nitrogens with zero attached hydrogens (tertiary/aromatic N) is 4. The zero-order chi connectivity index (χ0) is 25.7. The maximum atomic E-state index is 13.6. The third-order valence-electron chi connectivity index (χ3n) is 6.30. The molecule has 0 saturated carbocycles. The molecular formula is C24H28N6O6. The van der Waals surface area contributed by atoms with E-state index in [2.05, 4.69) is 20.6 Å². The van der Waals surface area contributed by atoms with E-state index in [1.54, 1.807) is 24.3 Å². The maximum absolute atomic E-state index is 13.6. The Morgan fingerprint density at radius 3 is 2.64 bits per heavy atom. The Balaban J connectivity index is 1.51. The van der Waals surface area contributed by atoms with E-state index in [1.165, 1.54) is 42.6 Å². The summed E-state index contributed by atoms with van der Waals surface area (Å²) in [4.78, 5) is 62.6. The number of carbonyl (C=O) groups excluding carboxylic acids is 4. The number of esters is 1. The average molecular weight is 497 g/mol. The first-order valence-corrected chi connectivity index (χ1v) is 11.6. The minimum absolute atomic E-state index is 0.0859. The summed E-state index contributed by atoms with van der Waals surface area (Å²) in [5.74, 6) is -0.741. The number of rotatable bonds is 6. The molecular weight excluding hydrogens is 468 g/mol. The smallest absolute Gasteiger partial charge is 0.328 e. The summed E-state index contributed by atoms with van der Waals surface area (Å²) in [6, 6.07) is 4.32.